The highest BCUT2D eigenvalue weighted by Gasteiger charge is 2.40. The van der Waals surface area contributed by atoms with Crippen LogP contribution in [0.15, 0.2) is 53.2 Å². The quantitative estimate of drug-likeness (QED) is 0.739. The van der Waals surface area contributed by atoms with Crippen molar-refractivity contribution in [3.05, 3.63) is 68.8 Å². The first-order valence-electron chi connectivity index (χ1n) is 7.14. The number of anilines is 2. The van der Waals surface area contributed by atoms with E-state index in [2.05, 4.69) is 5.32 Å². The molecule has 132 valence electrons. The molecule has 0 saturated carbocycles. The van der Waals surface area contributed by atoms with Crippen molar-refractivity contribution in [2.75, 3.05) is 10.2 Å². The third-order valence-electron chi connectivity index (χ3n) is 3.60. The van der Waals surface area contributed by atoms with Gasteiger partial charge in [-0.3, -0.25) is 9.59 Å². The number of carbonyl (C=O) groups excluding carboxylic acids is 2. The summed E-state index contributed by atoms with van der Waals surface area (Å²) >= 11 is 18.1. The zero-order valence-electron chi connectivity index (χ0n) is 12.8. The Morgan fingerprint density at radius 3 is 2.23 bits per heavy atom. The fourth-order valence-electron chi connectivity index (χ4n) is 2.34. The number of hydrogen-bond donors (Lipinski definition) is 2. The van der Waals surface area contributed by atoms with Crippen LogP contribution in [0.2, 0.25) is 10.0 Å². The Hall–Kier alpha value is -2.54. The fourth-order valence-corrected chi connectivity index (χ4v) is 2.93. The number of rotatable bonds is 4. The summed E-state index contributed by atoms with van der Waals surface area (Å²) in [5, 5.41) is 11.6. The Labute approximate surface area is 162 Å². The van der Waals surface area contributed by atoms with E-state index in [1.165, 1.54) is 36.4 Å². The standard InChI is InChI=1S/C17H9Cl3N2O4/c18-10-2-1-3-11(12(10)19)22-15(23)13(20)14(16(22)24)21-9-6-4-8(5-7-9)17(25)26/h1-7,21H,(H,25,26). The lowest BCUT2D eigenvalue weighted by Crippen LogP contribution is -2.32. The van der Waals surface area contributed by atoms with E-state index in [9.17, 15) is 14.4 Å². The highest BCUT2D eigenvalue weighted by molar-refractivity contribution is 6.54. The zero-order chi connectivity index (χ0) is 19.0. The van der Waals surface area contributed by atoms with E-state index in [0.717, 1.165) is 4.90 Å². The number of imide groups is 1. The van der Waals surface area contributed by atoms with Gasteiger partial charge in [-0.05, 0) is 36.4 Å². The summed E-state index contributed by atoms with van der Waals surface area (Å²) in [5.41, 5.74) is 0.446. The number of carboxylic acid groups (broad SMARTS) is 1. The predicted molar refractivity (Wildman–Crippen MR) is 98.9 cm³/mol. The van der Waals surface area contributed by atoms with Gasteiger partial charge in [0.25, 0.3) is 11.8 Å². The summed E-state index contributed by atoms with van der Waals surface area (Å²) in [5.74, 6) is -2.53. The Kier molecular flexibility index (Phi) is 4.91. The predicted octanol–water partition coefficient (Wildman–Crippen LogP) is 4.13. The zero-order valence-corrected chi connectivity index (χ0v) is 15.1. The maximum absolute atomic E-state index is 12.7. The fraction of sp³-hybridized carbons (Fsp3) is 0. The second-order valence-electron chi connectivity index (χ2n) is 5.22. The minimum absolute atomic E-state index is 0.0485. The second-order valence-corrected chi connectivity index (χ2v) is 6.38. The third kappa shape index (κ3) is 3.14. The van der Waals surface area contributed by atoms with Crippen LogP contribution in [0.1, 0.15) is 10.4 Å². The van der Waals surface area contributed by atoms with E-state index in [0.29, 0.717) is 5.69 Å². The molecule has 2 aromatic rings. The molecule has 0 aromatic heterocycles. The molecule has 1 aliphatic rings. The van der Waals surface area contributed by atoms with E-state index in [4.69, 9.17) is 39.9 Å². The number of benzene rings is 2. The number of carboxylic acids is 1. The maximum Gasteiger partial charge on any atom is 0.335 e. The molecule has 6 nitrogen and oxygen atoms in total. The molecule has 2 N–H and O–H groups in total. The van der Waals surface area contributed by atoms with Crippen molar-refractivity contribution in [3.8, 4) is 0 Å². The number of amides is 2. The van der Waals surface area contributed by atoms with Gasteiger partial charge < -0.3 is 10.4 Å². The van der Waals surface area contributed by atoms with Crippen LogP contribution < -0.4 is 10.2 Å². The summed E-state index contributed by atoms with van der Waals surface area (Å²) in [6.07, 6.45) is 0. The summed E-state index contributed by atoms with van der Waals surface area (Å²) < 4.78 is 0. The highest BCUT2D eigenvalue weighted by Crippen LogP contribution is 2.37. The molecule has 26 heavy (non-hydrogen) atoms. The number of nitrogens with zero attached hydrogens (tertiary/aromatic N) is 1. The number of nitrogens with one attached hydrogen (secondary N) is 1. The average Bonchev–Trinajstić information content (AvgIpc) is 2.82. The molecule has 0 spiro atoms. The van der Waals surface area contributed by atoms with Crippen molar-refractivity contribution in [1.29, 1.82) is 0 Å². The monoisotopic (exact) mass is 410 g/mol. The Bertz CT molecular complexity index is 970. The van der Waals surface area contributed by atoms with Gasteiger partial charge in [-0.25, -0.2) is 9.69 Å². The van der Waals surface area contributed by atoms with Crippen LogP contribution >= 0.6 is 34.8 Å². The average molecular weight is 412 g/mol. The first kappa shape index (κ1) is 18.3. The molecule has 0 atom stereocenters. The van der Waals surface area contributed by atoms with Crippen molar-refractivity contribution in [2.24, 2.45) is 0 Å². The van der Waals surface area contributed by atoms with Crippen LogP contribution in [-0.4, -0.2) is 22.9 Å². The lowest BCUT2D eigenvalue weighted by molar-refractivity contribution is -0.120. The van der Waals surface area contributed by atoms with Gasteiger partial charge in [-0.1, -0.05) is 40.9 Å². The number of aromatic carboxylic acids is 1. The van der Waals surface area contributed by atoms with E-state index in [1.54, 1.807) is 6.07 Å². The molecule has 0 aliphatic carbocycles. The minimum atomic E-state index is -1.08. The minimum Gasteiger partial charge on any atom is -0.478 e. The van der Waals surface area contributed by atoms with Gasteiger partial charge in [0, 0.05) is 5.69 Å². The number of halogens is 3. The van der Waals surface area contributed by atoms with Crippen LogP contribution in [0, 0.1) is 0 Å². The van der Waals surface area contributed by atoms with Crippen LogP contribution in [0.4, 0.5) is 11.4 Å². The Balaban J connectivity index is 1.91. The molecular formula is C17H9Cl3N2O4. The van der Waals surface area contributed by atoms with Gasteiger partial charge >= 0.3 is 5.97 Å². The van der Waals surface area contributed by atoms with Gasteiger partial charge in [-0.15, -0.1) is 0 Å². The molecule has 2 aromatic carbocycles. The molecule has 0 saturated heterocycles. The summed E-state index contributed by atoms with van der Waals surface area (Å²) in [7, 11) is 0. The normalized spacial score (nSPS) is 14.2. The summed E-state index contributed by atoms with van der Waals surface area (Å²) in [6.45, 7) is 0. The molecule has 1 aliphatic heterocycles. The third-order valence-corrected chi connectivity index (χ3v) is 4.76. The van der Waals surface area contributed by atoms with Crippen LogP contribution in [0.5, 0.6) is 0 Å². The molecule has 0 fully saturated rings. The van der Waals surface area contributed by atoms with E-state index in [1.807, 2.05) is 0 Å². The van der Waals surface area contributed by atoms with Crippen LogP contribution in [-0.2, 0) is 9.59 Å². The SMILES string of the molecule is O=C(O)c1ccc(NC2=C(Cl)C(=O)N(c3cccc(Cl)c3Cl)C2=O)cc1. The van der Waals surface area contributed by atoms with Gasteiger partial charge in [0.05, 0.1) is 21.3 Å². The first-order valence-corrected chi connectivity index (χ1v) is 8.27. The van der Waals surface area contributed by atoms with Crippen molar-refractivity contribution < 1.29 is 19.5 Å². The van der Waals surface area contributed by atoms with Gasteiger partial charge in [0.15, 0.2) is 0 Å². The van der Waals surface area contributed by atoms with Crippen molar-refractivity contribution in [3.63, 3.8) is 0 Å². The van der Waals surface area contributed by atoms with Crippen molar-refractivity contribution >= 4 is 64.0 Å². The van der Waals surface area contributed by atoms with Crippen molar-refractivity contribution in [1.82, 2.24) is 0 Å². The lowest BCUT2D eigenvalue weighted by atomic mass is 10.2. The van der Waals surface area contributed by atoms with E-state index < -0.39 is 17.8 Å². The Morgan fingerprint density at radius 1 is 0.962 bits per heavy atom. The molecule has 3 rings (SSSR count). The smallest absolute Gasteiger partial charge is 0.335 e. The number of carbonyl (C=O) groups is 3. The maximum atomic E-state index is 12.7. The topological polar surface area (TPSA) is 86.7 Å². The van der Waals surface area contributed by atoms with Gasteiger partial charge in [0.1, 0.15) is 10.7 Å². The van der Waals surface area contributed by atoms with Crippen LogP contribution in [0.3, 0.4) is 0 Å². The summed E-state index contributed by atoms with van der Waals surface area (Å²) in [4.78, 5) is 36.8. The molecule has 0 radical (unpaired) electrons. The molecule has 0 bridgehead atoms. The molecule has 2 amide bonds. The molecular weight excluding hydrogens is 403 g/mol. The number of hydrogen-bond acceptors (Lipinski definition) is 4. The Morgan fingerprint density at radius 2 is 1.62 bits per heavy atom. The molecule has 0 unspecified atom stereocenters. The largest absolute Gasteiger partial charge is 0.478 e. The van der Waals surface area contributed by atoms with Gasteiger partial charge in [0.2, 0.25) is 0 Å². The second kappa shape index (κ2) is 6.99. The van der Waals surface area contributed by atoms with Gasteiger partial charge in [-0.2, -0.15) is 0 Å². The van der Waals surface area contributed by atoms with Crippen molar-refractivity contribution in [2.45, 2.75) is 0 Å². The van der Waals surface area contributed by atoms with E-state index in [-0.39, 0.29) is 32.0 Å². The summed E-state index contributed by atoms with van der Waals surface area (Å²) in [6, 6.07) is 10.2. The van der Waals surface area contributed by atoms with Crippen LogP contribution in [0.25, 0.3) is 0 Å². The van der Waals surface area contributed by atoms with E-state index >= 15 is 0 Å². The molecule has 9 heteroatoms. The molecule has 1 heterocycles. The first-order chi connectivity index (χ1) is 12.3. The lowest BCUT2D eigenvalue weighted by Gasteiger charge is -2.17. The highest BCUT2D eigenvalue weighted by atomic mass is 35.5.